The van der Waals surface area contributed by atoms with E-state index in [-0.39, 0.29) is 5.91 Å². The fourth-order valence-electron chi connectivity index (χ4n) is 2.39. The Balaban J connectivity index is 1.64. The average molecular weight is 401 g/mol. The number of hydrogen-bond acceptors (Lipinski definition) is 4. The molecule has 1 fully saturated rings. The van der Waals surface area contributed by atoms with Gasteiger partial charge >= 0.3 is 0 Å². The highest BCUT2D eigenvalue weighted by Gasteiger charge is 2.31. The van der Waals surface area contributed by atoms with Crippen molar-refractivity contribution in [1.82, 2.24) is 4.90 Å². The van der Waals surface area contributed by atoms with Crippen molar-refractivity contribution in [1.29, 1.82) is 0 Å². The smallest absolute Gasteiger partial charge is 0.267 e. The fraction of sp³-hybridized carbons (Fsp3) is 0.100. The first-order chi connectivity index (χ1) is 12.5. The van der Waals surface area contributed by atoms with Crippen molar-refractivity contribution in [2.45, 2.75) is 6.92 Å². The molecule has 0 aromatic heterocycles. The molecule has 1 heterocycles. The van der Waals surface area contributed by atoms with Crippen LogP contribution in [0.2, 0.25) is 5.02 Å². The van der Waals surface area contributed by atoms with Crippen molar-refractivity contribution < 1.29 is 4.79 Å². The van der Waals surface area contributed by atoms with Crippen LogP contribution in [-0.4, -0.2) is 21.8 Å². The molecule has 6 heteroatoms. The molecule has 0 radical (unpaired) electrons. The van der Waals surface area contributed by atoms with Gasteiger partial charge in [0.05, 0.1) is 11.6 Å². The molecule has 0 bridgehead atoms. The van der Waals surface area contributed by atoms with E-state index in [1.165, 1.54) is 11.8 Å². The van der Waals surface area contributed by atoms with Crippen molar-refractivity contribution in [2.24, 2.45) is 0 Å². The molecule has 0 unspecified atom stereocenters. The number of hydrogen-bond donors (Lipinski definition) is 1. The minimum Gasteiger partial charge on any atom is -0.367 e. The third kappa shape index (κ3) is 4.55. The second kappa shape index (κ2) is 8.54. The fourth-order valence-corrected chi connectivity index (χ4v) is 3.71. The second-order valence-electron chi connectivity index (χ2n) is 5.70. The first kappa shape index (κ1) is 18.7. The number of allylic oxidation sites excluding steroid dienone is 2. The summed E-state index contributed by atoms with van der Waals surface area (Å²) in [4.78, 5) is 14.7. The lowest BCUT2D eigenvalue weighted by Crippen LogP contribution is -2.33. The SMILES string of the molecule is Cc1cc(NCN2C(=O)C(=CC=Cc3ccccc3)SC2=S)ccc1Cl. The van der Waals surface area contributed by atoms with Crippen LogP contribution in [0, 0.1) is 6.92 Å². The van der Waals surface area contributed by atoms with Crippen molar-refractivity contribution in [2.75, 3.05) is 12.0 Å². The Bertz CT molecular complexity index is 894. The van der Waals surface area contributed by atoms with E-state index in [4.69, 9.17) is 23.8 Å². The molecule has 3 rings (SSSR count). The van der Waals surface area contributed by atoms with E-state index in [0.29, 0.717) is 20.9 Å². The van der Waals surface area contributed by atoms with E-state index >= 15 is 0 Å². The van der Waals surface area contributed by atoms with E-state index < -0.39 is 0 Å². The van der Waals surface area contributed by atoms with Crippen LogP contribution in [0.1, 0.15) is 11.1 Å². The zero-order valence-electron chi connectivity index (χ0n) is 14.1. The normalized spacial score (nSPS) is 16.1. The molecule has 0 spiro atoms. The van der Waals surface area contributed by atoms with Crippen molar-refractivity contribution in [3.05, 3.63) is 81.7 Å². The average Bonchev–Trinajstić information content (AvgIpc) is 2.90. The highest BCUT2D eigenvalue weighted by Crippen LogP contribution is 2.31. The van der Waals surface area contributed by atoms with Crippen LogP contribution in [0.15, 0.2) is 65.6 Å². The van der Waals surface area contributed by atoms with Gasteiger partial charge in [-0.2, -0.15) is 0 Å². The predicted octanol–water partition coefficient (Wildman–Crippen LogP) is 5.48. The second-order valence-corrected chi connectivity index (χ2v) is 7.78. The number of amides is 1. The van der Waals surface area contributed by atoms with Gasteiger partial charge < -0.3 is 5.32 Å². The van der Waals surface area contributed by atoms with Crippen LogP contribution >= 0.6 is 35.6 Å². The summed E-state index contributed by atoms with van der Waals surface area (Å²) in [5, 5.41) is 3.94. The standard InChI is InChI=1S/C20H17ClN2OS2/c1-14-12-16(10-11-17(14)21)22-13-23-19(24)18(26-20(23)25)9-5-8-15-6-3-2-4-7-15/h2-12,22H,13H2,1H3. The predicted molar refractivity (Wildman–Crippen MR) is 115 cm³/mol. The van der Waals surface area contributed by atoms with Gasteiger partial charge in [0.15, 0.2) is 0 Å². The summed E-state index contributed by atoms with van der Waals surface area (Å²) in [7, 11) is 0. The number of nitrogens with zero attached hydrogens (tertiary/aromatic N) is 1. The molecule has 26 heavy (non-hydrogen) atoms. The third-order valence-electron chi connectivity index (χ3n) is 3.81. The molecule has 132 valence electrons. The number of carbonyl (C=O) groups excluding carboxylic acids is 1. The Labute approximate surface area is 167 Å². The van der Waals surface area contributed by atoms with Crippen LogP contribution < -0.4 is 5.32 Å². The minimum atomic E-state index is -0.0871. The highest BCUT2D eigenvalue weighted by molar-refractivity contribution is 8.26. The Morgan fingerprint density at radius 2 is 2.00 bits per heavy atom. The molecule has 1 saturated heterocycles. The van der Waals surface area contributed by atoms with Crippen molar-refractivity contribution in [3.8, 4) is 0 Å². The van der Waals surface area contributed by atoms with Crippen molar-refractivity contribution >= 4 is 57.6 Å². The lowest BCUT2D eigenvalue weighted by Gasteiger charge is -2.16. The van der Waals surface area contributed by atoms with Crippen LogP contribution in [0.4, 0.5) is 5.69 Å². The zero-order chi connectivity index (χ0) is 18.5. The summed E-state index contributed by atoms with van der Waals surface area (Å²) in [5.74, 6) is -0.0871. The summed E-state index contributed by atoms with van der Waals surface area (Å²) in [6, 6.07) is 15.6. The third-order valence-corrected chi connectivity index (χ3v) is 5.63. The molecular weight excluding hydrogens is 384 g/mol. The quantitative estimate of drug-likeness (QED) is 0.532. The Hall–Kier alpha value is -2.08. The summed E-state index contributed by atoms with van der Waals surface area (Å²) in [6.45, 7) is 2.26. The molecule has 1 amide bonds. The van der Waals surface area contributed by atoms with Gasteiger partial charge in [0.25, 0.3) is 5.91 Å². The minimum absolute atomic E-state index is 0.0871. The number of carbonyl (C=O) groups is 1. The lowest BCUT2D eigenvalue weighted by atomic mass is 10.2. The van der Waals surface area contributed by atoms with E-state index in [1.807, 2.05) is 67.6 Å². The van der Waals surface area contributed by atoms with Gasteiger partial charge in [-0.15, -0.1) is 0 Å². The monoisotopic (exact) mass is 400 g/mol. The summed E-state index contributed by atoms with van der Waals surface area (Å²) >= 11 is 12.7. The number of benzene rings is 2. The summed E-state index contributed by atoms with van der Waals surface area (Å²) in [5.41, 5.74) is 2.96. The van der Waals surface area contributed by atoms with Gasteiger partial charge in [-0.25, -0.2) is 0 Å². The van der Waals surface area contributed by atoms with E-state index in [2.05, 4.69) is 5.32 Å². The molecule has 1 aliphatic heterocycles. The van der Waals surface area contributed by atoms with Gasteiger partial charge in [0.2, 0.25) is 0 Å². The first-order valence-corrected chi connectivity index (χ1v) is 9.62. The van der Waals surface area contributed by atoms with Crippen LogP contribution in [-0.2, 0) is 4.79 Å². The van der Waals surface area contributed by atoms with Gasteiger partial charge in [0, 0.05) is 10.7 Å². The van der Waals surface area contributed by atoms with E-state index in [0.717, 1.165) is 16.8 Å². The maximum Gasteiger partial charge on any atom is 0.267 e. The maximum absolute atomic E-state index is 12.6. The Morgan fingerprint density at radius 3 is 2.73 bits per heavy atom. The molecular formula is C20H17ClN2OS2. The maximum atomic E-state index is 12.6. The largest absolute Gasteiger partial charge is 0.367 e. The number of thiocarbonyl (C=S) groups is 1. The molecule has 2 aromatic rings. The van der Waals surface area contributed by atoms with E-state index in [9.17, 15) is 4.79 Å². The Morgan fingerprint density at radius 1 is 1.23 bits per heavy atom. The lowest BCUT2D eigenvalue weighted by molar-refractivity contribution is -0.121. The summed E-state index contributed by atoms with van der Waals surface area (Å²) < 4.78 is 0.549. The molecule has 2 aromatic carbocycles. The number of aryl methyl sites for hydroxylation is 1. The number of halogens is 1. The molecule has 1 aliphatic rings. The Kier molecular flexibility index (Phi) is 6.14. The highest BCUT2D eigenvalue weighted by atomic mass is 35.5. The zero-order valence-corrected chi connectivity index (χ0v) is 16.5. The molecule has 3 nitrogen and oxygen atoms in total. The van der Waals surface area contributed by atoms with Gasteiger partial charge in [0.1, 0.15) is 4.32 Å². The van der Waals surface area contributed by atoms with E-state index in [1.54, 1.807) is 11.0 Å². The molecule has 1 N–H and O–H groups in total. The van der Waals surface area contributed by atoms with Crippen molar-refractivity contribution in [3.63, 3.8) is 0 Å². The number of anilines is 1. The van der Waals surface area contributed by atoms with Gasteiger partial charge in [-0.05, 0) is 42.3 Å². The first-order valence-electron chi connectivity index (χ1n) is 8.02. The molecule has 0 atom stereocenters. The van der Waals surface area contributed by atoms with Crippen LogP contribution in [0.5, 0.6) is 0 Å². The summed E-state index contributed by atoms with van der Waals surface area (Å²) in [6.07, 6.45) is 5.64. The van der Waals surface area contributed by atoms with Gasteiger partial charge in [-0.3, -0.25) is 9.69 Å². The number of rotatable bonds is 5. The van der Waals surface area contributed by atoms with Crippen LogP contribution in [0.25, 0.3) is 6.08 Å². The molecule has 0 saturated carbocycles. The van der Waals surface area contributed by atoms with Gasteiger partial charge in [-0.1, -0.05) is 78.1 Å². The number of thioether (sulfide) groups is 1. The number of nitrogens with one attached hydrogen (secondary N) is 1. The van der Waals surface area contributed by atoms with Crippen LogP contribution in [0.3, 0.4) is 0 Å². The molecule has 0 aliphatic carbocycles. The topological polar surface area (TPSA) is 32.3 Å².